The monoisotopic (exact) mass is 345 g/mol. The average Bonchev–Trinajstić information content (AvgIpc) is 2.70. The van der Waals surface area contributed by atoms with Gasteiger partial charge in [-0.05, 0) is 11.1 Å². The number of aliphatic hydroxyl groups is 1. The fourth-order valence-electron chi connectivity index (χ4n) is 3.75. The summed E-state index contributed by atoms with van der Waals surface area (Å²) in [5.41, 5.74) is 3.06. The van der Waals surface area contributed by atoms with Gasteiger partial charge in [0.05, 0.1) is 12.6 Å². The highest BCUT2D eigenvalue weighted by molar-refractivity contribution is 5.30. The minimum atomic E-state index is -1.38. The Labute approximate surface area is 154 Å². The molecule has 3 heteroatoms. The van der Waals surface area contributed by atoms with Crippen molar-refractivity contribution < 1.29 is 9.84 Å². The third-order valence-corrected chi connectivity index (χ3v) is 4.97. The van der Waals surface area contributed by atoms with Crippen LogP contribution in [0.25, 0.3) is 0 Å². The van der Waals surface area contributed by atoms with Crippen molar-refractivity contribution in [2.24, 2.45) is 0 Å². The molecule has 0 bridgehead atoms. The summed E-state index contributed by atoms with van der Waals surface area (Å²) >= 11 is 0. The summed E-state index contributed by atoms with van der Waals surface area (Å²) in [6.07, 6.45) is 0. The second-order valence-corrected chi connectivity index (χ2v) is 6.68. The van der Waals surface area contributed by atoms with Gasteiger partial charge >= 0.3 is 0 Å². The van der Waals surface area contributed by atoms with Crippen LogP contribution in [0.1, 0.15) is 22.7 Å². The highest BCUT2D eigenvalue weighted by Crippen LogP contribution is 2.43. The molecule has 0 radical (unpaired) electrons. The lowest BCUT2D eigenvalue weighted by Gasteiger charge is -2.47. The first kappa shape index (κ1) is 17.0. The van der Waals surface area contributed by atoms with E-state index in [0.717, 1.165) is 24.2 Å². The zero-order chi connectivity index (χ0) is 17.8. The molecular weight excluding hydrogens is 322 g/mol. The molecule has 3 nitrogen and oxygen atoms in total. The van der Waals surface area contributed by atoms with Crippen LogP contribution in [-0.4, -0.2) is 23.2 Å². The van der Waals surface area contributed by atoms with Gasteiger partial charge in [-0.25, -0.2) is 0 Å². The van der Waals surface area contributed by atoms with Crippen molar-refractivity contribution in [3.63, 3.8) is 0 Å². The fraction of sp³-hybridized carbons (Fsp3) is 0.217. The summed E-state index contributed by atoms with van der Waals surface area (Å²) in [6.45, 7) is 2.02. The number of morpholine rings is 1. The SMILES string of the molecule is OC1(c2ccccc2)OCCN(Cc2ccccc2)C1c1ccccc1. The summed E-state index contributed by atoms with van der Waals surface area (Å²) in [6, 6.07) is 29.9. The predicted molar refractivity (Wildman–Crippen MR) is 102 cm³/mol. The van der Waals surface area contributed by atoms with Gasteiger partial charge in [0.1, 0.15) is 0 Å². The van der Waals surface area contributed by atoms with E-state index in [0.29, 0.717) is 6.61 Å². The third-order valence-electron chi connectivity index (χ3n) is 4.97. The van der Waals surface area contributed by atoms with Crippen LogP contribution < -0.4 is 0 Å². The maximum Gasteiger partial charge on any atom is 0.212 e. The van der Waals surface area contributed by atoms with Gasteiger partial charge in [-0.3, -0.25) is 4.90 Å². The highest BCUT2D eigenvalue weighted by Gasteiger charge is 2.46. The molecule has 26 heavy (non-hydrogen) atoms. The third kappa shape index (κ3) is 3.29. The van der Waals surface area contributed by atoms with Crippen LogP contribution in [0.5, 0.6) is 0 Å². The van der Waals surface area contributed by atoms with Crippen LogP contribution in [0.3, 0.4) is 0 Å². The molecule has 3 aromatic rings. The van der Waals surface area contributed by atoms with Crippen LogP contribution in [0.15, 0.2) is 91.0 Å². The molecule has 2 unspecified atom stereocenters. The van der Waals surface area contributed by atoms with Crippen LogP contribution >= 0.6 is 0 Å². The van der Waals surface area contributed by atoms with Crippen molar-refractivity contribution in [3.8, 4) is 0 Å². The van der Waals surface area contributed by atoms with Crippen LogP contribution in [0.2, 0.25) is 0 Å². The van der Waals surface area contributed by atoms with Gasteiger partial charge in [-0.1, -0.05) is 91.0 Å². The molecule has 1 heterocycles. The molecule has 0 aliphatic carbocycles. The van der Waals surface area contributed by atoms with Crippen molar-refractivity contribution >= 4 is 0 Å². The molecule has 0 amide bonds. The molecule has 0 aromatic heterocycles. The first-order valence-corrected chi connectivity index (χ1v) is 9.02. The quantitative estimate of drug-likeness (QED) is 0.772. The molecule has 1 saturated heterocycles. The second kappa shape index (κ2) is 7.42. The standard InChI is InChI=1S/C23H23NO2/c25-23(21-14-8-3-9-15-21)22(20-12-6-2-7-13-20)24(16-17-26-23)18-19-10-4-1-5-11-19/h1-15,22,25H,16-18H2. The van der Waals surface area contributed by atoms with Crippen LogP contribution in [0, 0.1) is 0 Å². The molecule has 0 spiro atoms. The Morgan fingerprint density at radius 3 is 2.08 bits per heavy atom. The number of hydrogen-bond donors (Lipinski definition) is 1. The zero-order valence-corrected chi connectivity index (χ0v) is 14.7. The Bertz CT molecular complexity index is 823. The fourth-order valence-corrected chi connectivity index (χ4v) is 3.75. The Balaban J connectivity index is 1.76. The topological polar surface area (TPSA) is 32.7 Å². The Hall–Kier alpha value is -2.46. The van der Waals surface area contributed by atoms with Crippen molar-refractivity contribution in [2.75, 3.05) is 13.2 Å². The van der Waals surface area contributed by atoms with Gasteiger partial charge in [0.25, 0.3) is 0 Å². The van der Waals surface area contributed by atoms with Gasteiger partial charge in [-0.15, -0.1) is 0 Å². The highest BCUT2D eigenvalue weighted by atomic mass is 16.6. The van der Waals surface area contributed by atoms with E-state index in [4.69, 9.17) is 4.74 Å². The Morgan fingerprint density at radius 1 is 0.846 bits per heavy atom. The van der Waals surface area contributed by atoms with Crippen molar-refractivity contribution in [3.05, 3.63) is 108 Å². The number of ether oxygens (including phenoxy) is 1. The maximum absolute atomic E-state index is 11.6. The number of nitrogens with zero attached hydrogens (tertiary/aromatic N) is 1. The minimum Gasteiger partial charge on any atom is -0.360 e. The van der Waals surface area contributed by atoms with Gasteiger partial charge in [0.2, 0.25) is 5.79 Å². The van der Waals surface area contributed by atoms with Crippen molar-refractivity contribution in [1.82, 2.24) is 4.90 Å². The van der Waals surface area contributed by atoms with Crippen LogP contribution in [-0.2, 0) is 17.1 Å². The molecule has 0 saturated carbocycles. The summed E-state index contributed by atoms with van der Waals surface area (Å²) in [7, 11) is 0. The normalized spacial score (nSPS) is 23.7. The largest absolute Gasteiger partial charge is 0.360 e. The number of benzene rings is 3. The van der Waals surface area contributed by atoms with E-state index in [1.807, 2.05) is 54.6 Å². The molecule has 1 fully saturated rings. The smallest absolute Gasteiger partial charge is 0.212 e. The van der Waals surface area contributed by atoms with Gasteiger partial charge in [-0.2, -0.15) is 0 Å². The average molecular weight is 345 g/mol. The van der Waals surface area contributed by atoms with Gasteiger partial charge < -0.3 is 9.84 Å². The molecule has 1 aliphatic heterocycles. The summed E-state index contributed by atoms with van der Waals surface area (Å²) in [5.74, 6) is -1.38. The predicted octanol–water partition coefficient (Wildman–Crippen LogP) is 4.11. The molecular formula is C23H23NO2. The van der Waals surface area contributed by atoms with Gasteiger partial charge in [0, 0.05) is 18.7 Å². The lowest BCUT2D eigenvalue weighted by atomic mass is 9.89. The van der Waals surface area contributed by atoms with Crippen LogP contribution in [0.4, 0.5) is 0 Å². The lowest BCUT2D eigenvalue weighted by molar-refractivity contribution is -0.283. The van der Waals surface area contributed by atoms with Crippen molar-refractivity contribution in [1.29, 1.82) is 0 Å². The lowest BCUT2D eigenvalue weighted by Crippen LogP contribution is -2.52. The van der Waals surface area contributed by atoms with E-state index >= 15 is 0 Å². The summed E-state index contributed by atoms with van der Waals surface area (Å²) in [4.78, 5) is 2.31. The van der Waals surface area contributed by atoms with E-state index in [1.165, 1.54) is 5.56 Å². The minimum absolute atomic E-state index is 0.278. The molecule has 2 atom stereocenters. The van der Waals surface area contributed by atoms with E-state index in [9.17, 15) is 5.11 Å². The van der Waals surface area contributed by atoms with E-state index in [-0.39, 0.29) is 6.04 Å². The first-order chi connectivity index (χ1) is 12.8. The maximum atomic E-state index is 11.6. The summed E-state index contributed by atoms with van der Waals surface area (Å²) in [5, 5.41) is 11.6. The molecule has 3 aromatic carbocycles. The van der Waals surface area contributed by atoms with E-state index in [1.54, 1.807) is 0 Å². The zero-order valence-electron chi connectivity index (χ0n) is 14.7. The number of rotatable bonds is 4. The second-order valence-electron chi connectivity index (χ2n) is 6.68. The Morgan fingerprint density at radius 2 is 1.42 bits per heavy atom. The molecule has 1 aliphatic rings. The van der Waals surface area contributed by atoms with Crippen molar-refractivity contribution in [2.45, 2.75) is 18.4 Å². The summed E-state index contributed by atoms with van der Waals surface area (Å²) < 4.78 is 6.00. The first-order valence-electron chi connectivity index (χ1n) is 9.02. The molecule has 132 valence electrons. The van der Waals surface area contributed by atoms with E-state index in [2.05, 4.69) is 41.3 Å². The van der Waals surface area contributed by atoms with Gasteiger partial charge in [0.15, 0.2) is 0 Å². The number of hydrogen-bond acceptors (Lipinski definition) is 3. The molecule has 4 rings (SSSR count). The Kier molecular flexibility index (Phi) is 4.85. The molecule has 1 N–H and O–H groups in total. The van der Waals surface area contributed by atoms with E-state index < -0.39 is 5.79 Å².